The second-order valence-corrected chi connectivity index (χ2v) is 1.69. The molecule has 0 amide bonds. The van der Waals surface area contributed by atoms with Crippen LogP contribution < -0.4 is 0 Å². The third-order valence-corrected chi connectivity index (χ3v) is 1.05. The minimum absolute atomic E-state index is 0.000000000000000444. The highest BCUT2D eigenvalue weighted by atomic mass is 16.7. The maximum Gasteiger partial charge on any atom is 0.150 e. The Labute approximate surface area is 51.4 Å². The maximum atomic E-state index is 4.92. The Morgan fingerprint density at radius 3 is 2.00 bits per heavy atom. The quantitative estimate of drug-likeness (QED) is 0.393. The Kier molecular flexibility index (Phi) is 5.12. The van der Waals surface area contributed by atoms with E-state index in [0.29, 0.717) is 0 Å². The van der Waals surface area contributed by atoms with Crippen LogP contribution in [-0.4, -0.2) is 27.8 Å². The van der Waals surface area contributed by atoms with Gasteiger partial charge in [0.05, 0.1) is 0 Å². The van der Waals surface area contributed by atoms with E-state index in [1.54, 1.807) is 14.2 Å². The summed E-state index contributed by atoms with van der Waals surface area (Å²) in [7, 11) is 4.42. The van der Waals surface area contributed by atoms with Gasteiger partial charge in [0, 0.05) is 14.2 Å². The lowest BCUT2D eigenvalue weighted by Crippen LogP contribution is -2.13. The SMILES string of the molecule is CBCC(OC)OC. The molecule has 0 aromatic heterocycles. The second-order valence-electron chi connectivity index (χ2n) is 1.69. The molecule has 0 aromatic carbocycles. The van der Waals surface area contributed by atoms with Crippen molar-refractivity contribution >= 4 is 7.28 Å². The molecule has 0 aliphatic heterocycles. The van der Waals surface area contributed by atoms with E-state index < -0.39 is 0 Å². The summed E-state index contributed by atoms with van der Waals surface area (Å²) in [6.07, 6.45) is 0.979. The number of methoxy groups -OCH3 is 2. The first-order valence-corrected chi connectivity index (χ1v) is 2.90. The fourth-order valence-corrected chi connectivity index (χ4v) is 0.568. The van der Waals surface area contributed by atoms with Gasteiger partial charge in [-0.15, -0.1) is 0 Å². The molecular formula is C5H13BO2. The van der Waals surface area contributed by atoms with Crippen LogP contribution in [0.1, 0.15) is 0 Å². The van der Waals surface area contributed by atoms with Crippen molar-refractivity contribution in [3.05, 3.63) is 0 Å². The van der Waals surface area contributed by atoms with Gasteiger partial charge >= 0.3 is 0 Å². The molecule has 8 heavy (non-hydrogen) atoms. The van der Waals surface area contributed by atoms with Crippen molar-refractivity contribution < 1.29 is 9.47 Å². The summed E-state index contributed by atoms with van der Waals surface area (Å²) < 4.78 is 9.84. The van der Waals surface area contributed by atoms with Crippen molar-refractivity contribution in [1.82, 2.24) is 0 Å². The summed E-state index contributed by atoms with van der Waals surface area (Å²) in [6.45, 7) is 2.10. The zero-order valence-corrected chi connectivity index (χ0v) is 5.81. The highest BCUT2D eigenvalue weighted by Gasteiger charge is 2.00. The average Bonchev–Trinajstić information content (AvgIpc) is 1.83. The zero-order valence-electron chi connectivity index (χ0n) is 5.81. The molecule has 0 spiro atoms. The average molecular weight is 116 g/mol. The lowest BCUT2D eigenvalue weighted by Gasteiger charge is -2.10. The van der Waals surface area contributed by atoms with Crippen LogP contribution in [0.4, 0.5) is 0 Å². The van der Waals surface area contributed by atoms with E-state index >= 15 is 0 Å². The van der Waals surface area contributed by atoms with Gasteiger partial charge in [0.1, 0.15) is 13.6 Å². The molecule has 48 valence electrons. The lowest BCUT2D eigenvalue weighted by molar-refractivity contribution is -0.0875. The fraction of sp³-hybridized carbons (Fsp3) is 1.00. The summed E-state index contributed by atoms with van der Waals surface area (Å²) in [5, 5.41) is 0. The van der Waals surface area contributed by atoms with Crippen LogP contribution in [0, 0.1) is 0 Å². The fourth-order valence-electron chi connectivity index (χ4n) is 0.568. The third kappa shape index (κ3) is 3.05. The van der Waals surface area contributed by atoms with Crippen LogP contribution in [0.3, 0.4) is 0 Å². The molecule has 0 N–H and O–H groups in total. The molecule has 0 unspecified atom stereocenters. The van der Waals surface area contributed by atoms with Gasteiger partial charge in [0.25, 0.3) is 0 Å². The molecule has 0 aromatic rings. The van der Waals surface area contributed by atoms with Crippen LogP contribution in [-0.2, 0) is 9.47 Å². The van der Waals surface area contributed by atoms with Gasteiger partial charge in [-0.3, -0.25) is 0 Å². The monoisotopic (exact) mass is 116 g/mol. The van der Waals surface area contributed by atoms with E-state index in [0.717, 1.165) is 13.6 Å². The Balaban J connectivity index is 3.07. The Morgan fingerprint density at radius 2 is 1.88 bits per heavy atom. The predicted octanol–water partition coefficient (Wildman–Crippen LogP) is 0.508. The van der Waals surface area contributed by atoms with Crippen LogP contribution in [0.2, 0.25) is 13.1 Å². The highest BCUT2D eigenvalue weighted by molar-refractivity contribution is 6.33. The zero-order chi connectivity index (χ0) is 6.41. The van der Waals surface area contributed by atoms with Crippen molar-refractivity contribution in [1.29, 1.82) is 0 Å². The van der Waals surface area contributed by atoms with Gasteiger partial charge in [-0.25, -0.2) is 0 Å². The number of rotatable bonds is 4. The lowest BCUT2D eigenvalue weighted by atomic mass is 9.78. The number of ether oxygens (including phenoxy) is 2. The van der Waals surface area contributed by atoms with Crippen LogP contribution in [0.15, 0.2) is 0 Å². The summed E-state index contributed by atoms with van der Waals surface area (Å²) in [5.74, 6) is 0. The van der Waals surface area contributed by atoms with Gasteiger partial charge in [-0.05, 0) is 6.32 Å². The molecule has 0 radical (unpaired) electrons. The summed E-state index contributed by atoms with van der Waals surface area (Å²) in [5.41, 5.74) is 0. The molecule has 0 bridgehead atoms. The van der Waals surface area contributed by atoms with Gasteiger partial charge in [0.2, 0.25) is 0 Å². The second kappa shape index (κ2) is 5.13. The number of hydrogen-bond acceptors (Lipinski definition) is 2. The predicted molar refractivity (Wildman–Crippen MR) is 35.6 cm³/mol. The highest BCUT2D eigenvalue weighted by Crippen LogP contribution is 1.95. The van der Waals surface area contributed by atoms with E-state index in [1.165, 1.54) is 0 Å². The van der Waals surface area contributed by atoms with Gasteiger partial charge in [0.15, 0.2) is 0 Å². The van der Waals surface area contributed by atoms with Crippen molar-refractivity contribution in [3.8, 4) is 0 Å². The van der Waals surface area contributed by atoms with Gasteiger partial charge in [-0.1, -0.05) is 6.82 Å². The van der Waals surface area contributed by atoms with Crippen LogP contribution in [0.5, 0.6) is 0 Å². The van der Waals surface area contributed by atoms with Crippen LogP contribution >= 0.6 is 0 Å². The van der Waals surface area contributed by atoms with E-state index in [9.17, 15) is 0 Å². The standard InChI is InChI=1S/C5H13BO2/c1-6-4-5(7-2)8-3/h5-6H,4H2,1-3H3. The minimum Gasteiger partial charge on any atom is -0.357 e. The van der Waals surface area contributed by atoms with E-state index in [-0.39, 0.29) is 6.29 Å². The van der Waals surface area contributed by atoms with Crippen molar-refractivity contribution in [2.24, 2.45) is 0 Å². The Morgan fingerprint density at radius 1 is 1.38 bits per heavy atom. The first-order chi connectivity index (χ1) is 3.85. The van der Waals surface area contributed by atoms with Crippen LogP contribution in [0.25, 0.3) is 0 Å². The molecule has 2 nitrogen and oxygen atoms in total. The largest absolute Gasteiger partial charge is 0.357 e. The molecule has 0 aliphatic carbocycles. The smallest absolute Gasteiger partial charge is 0.150 e. The molecular weight excluding hydrogens is 103 g/mol. The molecule has 0 atom stereocenters. The Hall–Kier alpha value is -0.0151. The molecule has 0 saturated heterocycles. The minimum atomic E-state index is -0.000000000000000444. The summed E-state index contributed by atoms with van der Waals surface area (Å²) >= 11 is 0. The van der Waals surface area contributed by atoms with Crippen molar-refractivity contribution in [2.45, 2.75) is 19.4 Å². The summed E-state index contributed by atoms with van der Waals surface area (Å²) in [6, 6.07) is 0. The topological polar surface area (TPSA) is 18.5 Å². The van der Waals surface area contributed by atoms with Gasteiger partial charge < -0.3 is 9.47 Å². The van der Waals surface area contributed by atoms with E-state index in [2.05, 4.69) is 6.82 Å². The normalized spacial score (nSPS) is 10.0. The Bertz CT molecular complexity index is 45.7. The van der Waals surface area contributed by atoms with E-state index in [4.69, 9.17) is 9.47 Å². The molecule has 0 fully saturated rings. The van der Waals surface area contributed by atoms with Gasteiger partial charge in [-0.2, -0.15) is 0 Å². The molecule has 0 saturated carbocycles. The number of hydrogen-bond donors (Lipinski definition) is 0. The maximum absolute atomic E-state index is 4.92. The molecule has 3 heteroatoms. The first kappa shape index (κ1) is 7.98. The third-order valence-electron chi connectivity index (χ3n) is 1.05. The summed E-state index contributed by atoms with van der Waals surface area (Å²) in [4.78, 5) is 0. The molecule has 0 heterocycles. The van der Waals surface area contributed by atoms with Crippen molar-refractivity contribution in [3.63, 3.8) is 0 Å². The van der Waals surface area contributed by atoms with E-state index in [1.807, 2.05) is 0 Å². The molecule has 0 rings (SSSR count). The van der Waals surface area contributed by atoms with Crippen molar-refractivity contribution in [2.75, 3.05) is 14.2 Å². The first-order valence-electron chi connectivity index (χ1n) is 2.90. The molecule has 0 aliphatic rings.